The minimum Gasteiger partial charge on any atom is -0.478 e. The van der Waals surface area contributed by atoms with Crippen LogP contribution < -0.4 is 4.72 Å². The lowest BCUT2D eigenvalue weighted by atomic mass is 10.2. The van der Waals surface area contributed by atoms with Crippen LogP contribution >= 0.6 is 0 Å². The number of carbonyl (C=O) groups is 1. The van der Waals surface area contributed by atoms with E-state index in [0.29, 0.717) is 0 Å². The highest BCUT2D eigenvalue weighted by Gasteiger charge is 2.13. The second kappa shape index (κ2) is 4.50. The summed E-state index contributed by atoms with van der Waals surface area (Å²) in [5.41, 5.74) is 0.243. The number of anilines is 1. The van der Waals surface area contributed by atoms with Gasteiger partial charge in [-0.25, -0.2) is 4.79 Å². The quantitative estimate of drug-likeness (QED) is 0.812. The molecule has 0 fully saturated rings. The van der Waals surface area contributed by atoms with Crippen molar-refractivity contribution >= 4 is 21.9 Å². The van der Waals surface area contributed by atoms with Crippen LogP contribution in [-0.2, 0) is 10.2 Å². The van der Waals surface area contributed by atoms with E-state index in [2.05, 4.69) is 4.72 Å². The summed E-state index contributed by atoms with van der Waals surface area (Å²) in [6.07, 6.45) is 0. The van der Waals surface area contributed by atoms with Crippen LogP contribution in [0, 0.1) is 0 Å². The third-order valence-electron chi connectivity index (χ3n) is 1.84. The molecule has 0 amide bonds. The Hall–Kier alpha value is -1.60. The van der Waals surface area contributed by atoms with E-state index in [1.54, 1.807) is 0 Å². The van der Waals surface area contributed by atoms with Crippen molar-refractivity contribution < 1.29 is 18.3 Å². The van der Waals surface area contributed by atoms with Crippen molar-refractivity contribution in [2.75, 3.05) is 18.8 Å². The van der Waals surface area contributed by atoms with Crippen molar-refractivity contribution in [1.29, 1.82) is 0 Å². The first-order chi connectivity index (χ1) is 7.33. The second-order valence-corrected chi connectivity index (χ2v) is 5.16. The number of nitrogens with zero attached hydrogens (tertiary/aromatic N) is 1. The standard InChI is InChI=1S/C9H12N2O4S/c1-11(2)16(14,15)10-8-5-3-4-7(6-8)9(12)13/h3-6,10H,1-2H3,(H,12,13). The molecule has 0 aromatic heterocycles. The molecule has 0 radical (unpaired) electrons. The molecule has 0 bridgehead atoms. The van der Waals surface area contributed by atoms with Gasteiger partial charge in [-0.15, -0.1) is 0 Å². The SMILES string of the molecule is CN(C)S(=O)(=O)Nc1cccc(C(=O)O)c1. The molecule has 1 rings (SSSR count). The summed E-state index contributed by atoms with van der Waals surface area (Å²) in [4.78, 5) is 10.7. The third kappa shape index (κ3) is 2.94. The lowest BCUT2D eigenvalue weighted by Gasteiger charge is -2.13. The molecule has 1 aromatic rings. The smallest absolute Gasteiger partial charge is 0.335 e. The molecule has 0 spiro atoms. The van der Waals surface area contributed by atoms with E-state index in [4.69, 9.17) is 5.11 Å². The van der Waals surface area contributed by atoms with Gasteiger partial charge in [-0.05, 0) is 18.2 Å². The fraction of sp³-hybridized carbons (Fsp3) is 0.222. The second-order valence-electron chi connectivity index (χ2n) is 3.28. The normalized spacial score (nSPS) is 11.4. The number of carboxylic acids is 1. The van der Waals surface area contributed by atoms with Crippen LogP contribution in [0.5, 0.6) is 0 Å². The van der Waals surface area contributed by atoms with Crippen LogP contribution in [0.15, 0.2) is 24.3 Å². The van der Waals surface area contributed by atoms with Gasteiger partial charge in [0.15, 0.2) is 0 Å². The monoisotopic (exact) mass is 244 g/mol. The van der Waals surface area contributed by atoms with E-state index in [1.165, 1.54) is 38.4 Å². The van der Waals surface area contributed by atoms with Gasteiger partial charge in [0, 0.05) is 14.1 Å². The van der Waals surface area contributed by atoms with Crippen molar-refractivity contribution in [2.45, 2.75) is 0 Å². The Balaban J connectivity index is 2.99. The van der Waals surface area contributed by atoms with E-state index in [0.717, 1.165) is 4.31 Å². The van der Waals surface area contributed by atoms with Gasteiger partial charge in [-0.3, -0.25) is 4.72 Å². The molecule has 0 saturated heterocycles. The van der Waals surface area contributed by atoms with Crippen molar-refractivity contribution in [2.24, 2.45) is 0 Å². The highest BCUT2D eigenvalue weighted by Crippen LogP contribution is 2.12. The Morgan fingerprint density at radius 3 is 2.50 bits per heavy atom. The zero-order valence-corrected chi connectivity index (χ0v) is 9.65. The fourth-order valence-electron chi connectivity index (χ4n) is 0.956. The predicted molar refractivity (Wildman–Crippen MR) is 59.6 cm³/mol. The summed E-state index contributed by atoms with van der Waals surface area (Å²) < 4.78 is 26.1. The van der Waals surface area contributed by atoms with Crippen molar-refractivity contribution in [1.82, 2.24) is 4.31 Å². The number of nitrogens with one attached hydrogen (secondary N) is 1. The predicted octanol–water partition coefficient (Wildman–Crippen LogP) is 0.603. The average Bonchev–Trinajstić information content (AvgIpc) is 2.17. The maximum absolute atomic E-state index is 11.4. The van der Waals surface area contributed by atoms with Crippen LogP contribution in [0.4, 0.5) is 5.69 Å². The number of hydrogen-bond acceptors (Lipinski definition) is 3. The van der Waals surface area contributed by atoms with Gasteiger partial charge in [0.25, 0.3) is 0 Å². The molecule has 6 nitrogen and oxygen atoms in total. The zero-order chi connectivity index (χ0) is 12.3. The Morgan fingerprint density at radius 1 is 1.38 bits per heavy atom. The minimum absolute atomic E-state index is 0.0268. The summed E-state index contributed by atoms with van der Waals surface area (Å²) in [5.74, 6) is -1.11. The Labute approximate surface area is 93.7 Å². The Bertz CT molecular complexity index is 496. The molecule has 0 saturated carbocycles. The minimum atomic E-state index is -3.60. The molecule has 0 unspecified atom stereocenters. The Kier molecular flexibility index (Phi) is 3.51. The van der Waals surface area contributed by atoms with Gasteiger partial charge < -0.3 is 5.11 Å². The molecule has 7 heteroatoms. The molecule has 2 N–H and O–H groups in total. The number of aromatic carboxylic acids is 1. The van der Waals surface area contributed by atoms with Crippen molar-refractivity contribution in [3.8, 4) is 0 Å². The average molecular weight is 244 g/mol. The van der Waals surface area contributed by atoms with Crippen LogP contribution in [-0.4, -0.2) is 37.9 Å². The number of rotatable bonds is 4. The fourth-order valence-corrected chi connectivity index (χ4v) is 1.56. The van der Waals surface area contributed by atoms with Gasteiger partial charge in [0.2, 0.25) is 0 Å². The molecule has 0 atom stereocenters. The summed E-state index contributed by atoms with van der Waals surface area (Å²) >= 11 is 0. The zero-order valence-electron chi connectivity index (χ0n) is 8.84. The molecule has 16 heavy (non-hydrogen) atoms. The molecule has 1 aromatic carbocycles. The molecular weight excluding hydrogens is 232 g/mol. The van der Waals surface area contributed by atoms with E-state index in [9.17, 15) is 13.2 Å². The number of hydrogen-bond donors (Lipinski definition) is 2. The van der Waals surface area contributed by atoms with Gasteiger partial charge in [-0.2, -0.15) is 12.7 Å². The lowest BCUT2D eigenvalue weighted by Crippen LogP contribution is -2.28. The highest BCUT2D eigenvalue weighted by molar-refractivity contribution is 7.90. The summed E-state index contributed by atoms with van der Waals surface area (Å²) in [6, 6.07) is 5.59. The summed E-state index contributed by atoms with van der Waals surface area (Å²) in [7, 11) is -0.847. The first-order valence-electron chi connectivity index (χ1n) is 4.36. The van der Waals surface area contributed by atoms with Gasteiger partial charge >= 0.3 is 16.2 Å². The van der Waals surface area contributed by atoms with Gasteiger partial charge in [-0.1, -0.05) is 6.07 Å². The van der Waals surface area contributed by atoms with Crippen molar-refractivity contribution in [3.63, 3.8) is 0 Å². The molecule has 0 aliphatic rings. The highest BCUT2D eigenvalue weighted by atomic mass is 32.2. The van der Waals surface area contributed by atoms with E-state index in [1.807, 2.05) is 0 Å². The third-order valence-corrected chi connectivity index (χ3v) is 3.29. The molecule has 0 aliphatic heterocycles. The van der Waals surface area contributed by atoms with E-state index < -0.39 is 16.2 Å². The first kappa shape index (κ1) is 12.5. The largest absolute Gasteiger partial charge is 0.478 e. The van der Waals surface area contributed by atoms with E-state index in [-0.39, 0.29) is 11.3 Å². The number of carboxylic acid groups (broad SMARTS) is 1. The van der Waals surface area contributed by atoms with Crippen LogP contribution in [0.3, 0.4) is 0 Å². The molecule has 0 aliphatic carbocycles. The Morgan fingerprint density at radius 2 is 2.00 bits per heavy atom. The molecular formula is C9H12N2O4S. The van der Waals surface area contributed by atoms with Crippen LogP contribution in [0.1, 0.15) is 10.4 Å². The molecule has 0 heterocycles. The van der Waals surface area contributed by atoms with E-state index >= 15 is 0 Å². The van der Waals surface area contributed by atoms with Gasteiger partial charge in [0.05, 0.1) is 11.3 Å². The summed E-state index contributed by atoms with van der Waals surface area (Å²) in [5, 5.41) is 8.73. The summed E-state index contributed by atoms with van der Waals surface area (Å²) in [6.45, 7) is 0. The number of benzene rings is 1. The molecule has 88 valence electrons. The lowest BCUT2D eigenvalue weighted by molar-refractivity contribution is 0.0697. The first-order valence-corrected chi connectivity index (χ1v) is 5.80. The maximum Gasteiger partial charge on any atom is 0.335 e. The maximum atomic E-state index is 11.4. The van der Waals surface area contributed by atoms with Crippen LogP contribution in [0.25, 0.3) is 0 Å². The van der Waals surface area contributed by atoms with Crippen molar-refractivity contribution in [3.05, 3.63) is 29.8 Å². The topological polar surface area (TPSA) is 86.7 Å². The van der Waals surface area contributed by atoms with Gasteiger partial charge in [0.1, 0.15) is 0 Å². The van der Waals surface area contributed by atoms with Crippen LogP contribution in [0.2, 0.25) is 0 Å².